The van der Waals surface area contributed by atoms with Gasteiger partial charge in [0.1, 0.15) is 0 Å². The number of hydrogen-bond acceptors (Lipinski definition) is 2. The van der Waals surface area contributed by atoms with Crippen molar-refractivity contribution in [2.45, 2.75) is 43.8 Å². The minimum atomic E-state index is -4.37. The number of urea groups is 1. The molecule has 0 radical (unpaired) electrons. The first-order valence-corrected chi connectivity index (χ1v) is 7.64. The normalized spacial score (nSPS) is 17.4. The van der Waals surface area contributed by atoms with Gasteiger partial charge in [-0.05, 0) is 30.9 Å². The van der Waals surface area contributed by atoms with Gasteiger partial charge in [0.25, 0.3) is 0 Å². The van der Waals surface area contributed by atoms with E-state index in [0.29, 0.717) is 12.0 Å². The molecule has 1 atom stereocenters. The van der Waals surface area contributed by atoms with Gasteiger partial charge in [0.05, 0.1) is 18.2 Å². The Hall–Kier alpha value is -1.76. The van der Waals surface area contributed by atoms with Crippen LogP contribution in [0.3, 0.4) is 0 Å². The lowest BCUT2D eigenvalue weighted by atomic mass is 9.94. The molecular weight excluding hydrogens is 309 g/mol. The van der Waals surface area contributed by atoms with Gasteiger partial charge >= 0.3 is 12.2 Å². The number of carbonyl (C=O) groups excluding carboxylic acids is 1. The van der Waals surface area contributed by atoms with Crippen molar-refractivity contribution >= 4 is 6.03 Å². The Morgan fingerprint density at radius 2 is 2.09 bits per heavy atom. The Kier molecular flexibility index (Phi) is 5.19. The first kappa shape index (κ1) is 17.6. The molecule has 0 bridgehead atoms. The third-order valence-corrected chi connectivity index (χ3v) is 4.29. The highest BCUT2D eigenvalue weighted by Gasteiger charge is 2.45. The fourth-order valence-corrected chi connectivity index (χ4v) is 2.51. The second-order valence-corrected chi connectivity index (χ2v) is 5.97. The summed E-state index contributed by atoms with van der Waals surface area (Å²) in [6.45, 7) is 1.97. The van der Waals surface area contributed by atoms with Crippen LogP contribution in [0, 0.1) is 0 Å². The van der Waals surface area contributed by atoms with Crippen LogP contribution < -0.4 is 10.6 Å². The largest absolute Gasteiger partial charge is 0.416 e. The fraction of sp³-hybridized carbons (Fsp3) is 0.562. The van der Waals surface area contributed by atoms with E-state index >= 15 is 0 Å². The molecule has 7 heteroatoms. The van der Waals surface area contributed by atoms with Crippen molar-refractivity contribution in [1.82, 2.24) is 10.6 Å². The fourth-order valence-electron chi connectivity index (χ4n) is 2.51. The van der Waals surface area contributed by atoms with E-state index in [1.165, 1.54) is 6.07 Å². The molecule has 1 unspecified atom stereocenters. The summed E-state index contributed by atoms with van der Waals surface area (Å²) in [5, 5.41) is 14.4. The van der Waals surface area contributed by atoms with Crippen LogP contribution in [-0.2, 0) is 11.6 Å². The Morgan fingerprint density at radius 1 is 1.39 bits per heavy atom. The Bertz CT molecular complexity index is 553. The van der Waals surface area contributed by atoms with Crippen molar-refractivity contribution in [3.05, 3.63) is 35.4 Å². The van der Waals surface area contributed by atoms with Gasteiger partial charge in [0.15, 0.2) is 0 Å². The van der Waals surface area contributed by atoms with E-state index in [1.807, 2.05) is 6.92 Å². The standard InChI is InChI=1S/C16H21F3N2O2/c1-2-13(9-22)21-14(23)20-10-15(6-7-15)11-4-3-5-12(8-11)16(17,18)19/h3-5,8,13,22H,2,6-7,9-10H2,1H3,(H2,20,21,23). The van der Waals surface area contributed by atoms with Crippen LogP contribution in [-0.4, -0.2) is 30.3 Å². The van der Waals surface area contributed by atoms with Gasteiger partial charge in [0.2, 0.25) is 0 Å². The highest BCUT2D eigenvalue weighted by atomic mass is 19.4. The molecule has 2 rings (SSSR count). The zero-order chi connectivity index (χ0) is 17.1. The van der Waals surface area contributed by atoms with Gasteiger partial charge < -0.3 is 15.7 Å². The molecule has 4 nitrogen and oxygen atoms in total. The number of aliphatic hydroxyl groups is 1. The molecule has 0 saturated heterocycles. The van der Waals surface area contributed by atoms with E-state index in [4.69, 9.17) is 5.11 Å². The third-order valence-electron chi connectivity index (χ3n) is 4.29. The van der Waals surface area contributed by atoms with E-state index in [-0.39, 0.29) is 19.2 Å². The maximum absolute atomic E-state index is 12.8. The molecule has 2 amide bonds. The summed E-state index contributed by atoms with van der Waals surface area (Å²) in [4.78, 5) is 11.8. The van der Waals surface area contributed by atoms with Crippen LogP contribution in [0.15, 0.2) is 24.3 Å². The smallest absolute Gasteiger partial charge is 0.394 e. The molecule has 3 N–H and O–H groups in total. The summed E-state index contributed by atoms with van der Waals surface area (Å²) in [7, 11) is 0. The van der Waals surface area contributed by atoms with Crippen molar-refractivity contribution < 1.29 is 23.1 Å². The topological polar surface area (TPSA) is 61.4 Å². The lowest BCUT2D eigenvalue weighted by molar-refractivity contribution is -0.137. The summed E-state index contributed by atoms with van der Waals surface area (Å²) >= 11 is 0. The van der Waals surface area contributed by atoms with Crippen LogP contribution in [0.25, 0.3) is 0 Å². The molecule has 1 aromatic rings. The van der Waals surface area contributed by atoms with Crippen LogP contribution in [0.5, 0.6) is 0 Å². The van der Waals surface area contributed by atoms with Crippen LogP contribution >= 0.6 is 0 Å². The first-order valence-electron chi connectivity index (χ1n) is 7.64. The highest BCUT2D eigenvalue weighted by molar-refractivity contribution is 5.74. The molecule has 1 aliphatic carbocycles. The summed E-state index contributed by atoms with van der Waals surface area (Å²) in [6.07, 6.45) is -2.29. The highest BCUT2D eigenvalue weighted by Crippen LogP contribution is 2.48. The van der Waals surface area contributed by atoms with Gasteiger partial charge in [-0.2, -0.15) is 13.2 Å². The number of rotatable bonds is 6. The summed E-state index contributed by atoms with van der Waals surface area (Å²) in [6, 6.07) is 4.55. The van der Waals surface area contributed by atoms with Crippen LogP contribution in [0.2, 0.25) is 0 Å². The number of nitrogens with one attached hydrogen (secondary N) is 2. The van der Waals surface area contributed by atoms with Crippen molar-refractivity contribution in [2.75, 3.05) is 13.2 Å². The minimum Gasteiger partial charge on any atom is -0.394 e. The molecule has 128 valence electrons. The molecule has 1 aromatic carbocycles. The number of hydrogen-bond donors (Lipinski definition) is 3. The van der Waals surface area contributed by atoms with Crippen molar-refractivity contribution in [3.63, 3.8) is 0 Å². The van der Waals surface area contributed by atoms with Crippen molar-refractivity contribution in [3.8, 4) is 0 Å². The lowest BCUT2D eigenvalue weighted by Gasteiger charge is -2.20. The summed E-state index contributed by atoms with van der Waals surface area (Å²) in [5.41, 5.74) is -0.488. The first-order chi connectivity index (χ1) is 10.8. The second-order valence-electron chi connectivity index (χ2n) is 5.97. The maximum atomic E-state index is 12.8. The maximum Gasteiger partial charge on any atom is 0.416 e. The Balaban J connectivity index is 1.99. The van der Waals surface area contributed by atoms with E-state index in [1.54, 1.807) is 6.07 Å². The van der Waals surface area contributed by atoms with Gasteiger partial charge in [-0.1, -0.05) is 25.1 Å². The molecule has 0 heterocycles. The van der Waals surface area contributed by atoms with Crippen LogP contribution in [0.1, 0.15) is 37.3 Å². The van der Waals surface area contributed by atoms with Gasteiger partial charge in [-0.3, -0.25) is 0 Å². The predicted octanol–water partition coefficient (Wildman–Crippen LogP) is 2.81. The van der Waals surface area contributed by atoms with Gasteiger partial charge in [-0.15, -0.1) is 0 Å². The van der Waals surface area contributed by atoms with E-state index in [0.717, 1.165) is 25.0 Å². The molecule has 0 aliphatic heterocycles. The summed E-state index contributed by atoms with van der Waals surface area (Å²) in [5.74, 6) is 0. The Morgan fingerprint density at radius 3 is 2.61 bits per heavy atom. The third kappa shape index (κ3) is 4.37. The van der Waals surface area contributed by atoms with Crippen LogP contribution in [0.4, 0.5) is 18.0 Å². The zero-order valence-electron chi connectivity index (χ0n) is 12.9. The number of carbonyl (C=O) groups is 1. The monoisotopic (exact) mass is 330 g/mol. The Labute approximate surface area is 133 Å². The zero-order valence-corrected chi connectivity index (χ0v) is 12.9. The van der Waals surface area contributed by atoms with Gasteiger partial charge in [0, 0.05) is 12.0 Å². The number of halogens is 3. The molecular formula is C16H21F3N2O2. The average molecular weight is 330 g/mol. The summed E-state index contributed by atoms with van der Waals surface area (Å²) < 4.78 is 38.4. The number of amides is 2. The average Bonchev–Trinajstić information content (AvgIpc) is 3.31. The second kappa shape index (κ2) is 6.78. The molecule has 23 heavy (non-hydrogen) atoms. The minimum absolute atomic E-state index is 0.150. The molecule has 1 aliphatic rings. The SMILES string of the molecule is CCC(CO)NC(=O)NCC1(c2cccc(C(F)(F)F)c2)CC1. The van der Waals surface area contributed by atoms with Crippen molar-refractivity contribution in [1.29, 1.82) is 0 Å². The molecule has 0 spiro atoms. The lowest BCUT2D eigenvalue weighted by Crippen LogP contribution is -2.45. The number of alkyl halides is 3. The predicted molar refractivity (Wildman–Crippen MR) is 80.1 cm³/mol. The van der Waals surface area contributed by atoms with Gasteiger partial charge in [-0.25, -0.2) is 4.79 Å². The molecule has 1 saturated carbocycles. The quantitative estimate of drug-likeness (QED) is 0.751. The van der Waals surface area contributed by atoms with E-state index < -0.39 is 23.2 Å². The van der Waals surface area contributed by atoms with E-state index in [9.17, 15) is 18.0 Å². The molecule has 0 aromatic heterocycles. The molecule has 1 fully saturated rings. The van der Waals surface area contributed by atoms with E-state index in [2.05, 4.69) is 10.6 Å². The number of benzene rings is 1. The number of aliphatic hydroxyl groups excluding tert-OH is 1. The van der Waals surface area contributed by atoms with Crippen molar-refractivity contribution in [2.24, 2.45) is 0 Å².